The number of thiophene rings is 1. The zero-order chi connectivity index (χ0) is 12.5. The maximum Gasteiger partial charge on any atom is 0.304 e. The molecule has 2 N–H and O–H groups in total. The van der Waals surface area contributed by atoms with E-state index in [0.717, 1.165) is 12.2 Å². The predicted molar refractivity (Wildman–Crippen MR) is 84.5 cm³/mol. The topological polar surface area (TPSA) is 44.9 Å². The Morgan fingerprint density at radius 2 is 2.44 bits per heavy atom. The zero-order valence-electron chi connectivity index (χ0n) is 9.66. The second-order valence-corrected chi connectivity index (χ2v) is 8.30. The number of H-pyrrole nitrogens is 1. The van der Waals surface area contributed by atoms with E-state index in [1.807, 2.05) is 16.7 Å². The van der Waals surface area contributed by atoms with Gasteiger partial charge < -0.3 is 10.3 Å². The Morgan fingerprint density at radius 1 is 1.56 bits per heavy atom. The molecule has 18 heavy (non-hydrogen) atoms. The van der Waals surface area contributed by atoms with E-state index in [4.69, 9.17) is 0 Å². The molecular weight excluding hydrogens is 379 g/mol. The Balaban J connectivity index is 1.72. The minimum absolute atomic E-state index is 0.0289. The third-order valence-electron chi connectivity index (χ3n) is 3.19. The first-order valence-electron chi connectivity index (χ1n) is 5.90. The van der Waals surface area contributed by atoms with Crippen LogP contribution in [0.15, 0.2) is 16.2 Å². The molecule has 3 rings (SSSR count). The van der Waals surface area contributed by atoms with Crippen molar-refractivity contribution in [1.29, 1.82) is 0 Å². The standard InChI is InChI=1S/C12H13IN2OS2/c13-11-4-8-9(2-1-3-10(8)18-11)14-5-7-6-17-12(16)15-7/h4,6,9,14H,1-3,5H2,(H,15,16). The normalized spacial score (nSPS) is 18.8. The fourth-order valence-corrected chi connectivity index (χ4v) is 5.07. The summed E-state index contributed by atoms with van der Waals surface area (Å²) in [4.78, 5) is 15.5. The van der Waals surface area contributed by atoms with Gasteiger partial charge in [0.15, 0.2) is 0 Å². The molecule has 0 radical (unpaired) electrons. The van der Waals surface area contributed by atoms with Crippen LogP contribution >= 0.6 is 45.3 Å². The Bertz CT molecular complexity index is 601. The van der Waals surface area contributed by atoms with Crippen LogP contribution in [0, 0.1) is 2.88 Å². The second kappa shape index (κ2) is 5.44. The van der Waals surface area contributed by atoms with Crippen molar-refractivity contribution in [1.82, 2.24) is 10.3 Å². The minimum atomic E-state index is 0.0289. The molecule has 2 heterocycles. The quantitative estimate of drug-likeness (QED) is 0.788. The van der Waals surface area contributed by atoms with Crippen molar-refractivity contribution in [2.75, 3.05) is 0 Å². The van der Waals surface area contributed by atoms with Gasteiger partial charge in [-0.15, -0.1) is 11.3 Å². The molecule has 2 aromatic rings. The summed E-state index contributed by atoms with van der Waals surface area (Å²) in [6, 6.07) is 2.74. The maximum atomic E-state index is 11.1. The summed E-state index contributed by atoms with van der Waals surface area (Å²) in [6.07, 6.45) is 3.66. The van der Waals surface area contributed by atoms with Gasteiger partial charge in [-0.05, 0) is 53.5 Å². The van der Waals surface area contributed by atoms with E-state index in [1.54, 1.807) is 0 Å². The molecule has 1 atom stereocenters. The number of rotatable bonds is 3. The van der Waals surface area contributed by atoms with Gasteiger partial charge in [-0.1, -0.05) is 11.3 Å². The molecular formula is C12H13IN2OS2. The smallest absolute Gasteiger partial charge is 0.304 e. The summed E-state index contributed by atoms with van der Waals surface area (Å²) in [5, 5.41) is 5.46. The molecule has 2 aromatic heterocycles. The molecule has 96 valence electrons. The molecule has 0 saturated carbocycles. The molecule has 0 saturated heterocycles. The lowest BCUT2D eigenvalue weighted by atomic mass is 9.94. The molecule has 0 spiro atoms. The lowest BCUT2D eigenvalue weighted by molar-refractivity contribution is 0.460. The first kappa shape index (κ1) is 12.8. The lowest BCUT2D eigenvalue weighted by Gasteiger charge is -2.23. The molecule has 0 aliphatic heterocycles. The highest BCUT2D eigenvalue weighted by molar-refractivity contribution is 14.1. The van der Waals surface area contributed by atoms with Crippen molar-refractivity contribution in [3.63, 3.8) is 0 Å². The van der Waals surface area contributed by atoms with Crippen molar-refractivity contribution in [3.8, 4) is 0 Å². The van der Waals surface area contributed by atoms with Crippen molar-refractivity contribution in [2.24, 2.45) is 0 Å². The highest BCUT2D eigenvalue weighted by Gasteiger charge is 2.22. The van der Waals surface area contributed by atoms with Crippen molar-refractivity contribution < 1.29 is 0 Å². The second-order valence-electron chi connectivity index (χ2n) is 4.43. The van der Waals surface area contributed by atoms with Gasteiger partial charge in [-0.25, -0.2) is 0 Å². The third-order valence-corrected chi connectivity index (χ3v) is 5.88. The van der Waals surface area contributed by atoms with Gasteiger partial charge >= 0.3 is 4.87 Å². The molecule has 1 aliphatic rings. The number of hydrogen-bond donors (Lipinski definition) is 2. The van der Waals surface area contributed by atoms with Crippen LogP contribution in [-0.4, -0.2) is 4.98 Å². The number of nitrogens with one attached hydrogen (secondary N) is 2. The van der Waals surface area contributed by atoms with Crippen molar-refractivity contribution in [2.45, 2.75) is 31.8 Å². The molecule has 1 unspecified atom stereocenters. The van der Waals surface area contributed by atoms with Crippen LogP contribution in [0.25, 0.3) is 0 Å². The average Bonchev–Trinajstić information content (AvgIpc) is 2.91. The molecule has 6 heteroatoms. The Hall–Kier alpha value is -0.180. The van der Waals surface area contributed by atoms with Crippen LogP contribution in [0.2, 0.25) is 0 Å². The molecule has 1 aliphatic carbocycles. The minimum Gasteiger partial charge on any atom is -0.315 e. The van der Waals surface area contributed by atoms with Crippen LogP contribution < -0.4 is 10.2 Å². The summed E-state index contributed by atoms with van der Waals surface area (Å²) >= 11 is 5.54. The van der Waals surface area contributed by atoms with Crippen molar-refractivity contribution >= 4 is 45.3 Å². The summed E-state index contributed by atoms with van der Waals surface area (Å²) in [5.74, 6) is 0. The summed E-state index contributed by atoms with van der Waals surface area (Å²) in [6.45, 7) is 0.745. The van der Waals surface area contributed by atoms with Crippen LogP contribution in [-0.2, 0) is 13.0 Å². The van der Waals surface area contributed by atoms with E-state index >= 15 is 0 Å². The molecule has 0 bridgehead atoms. The highest BCUT2D eigenvalue weighted by atomic mass is 127. The van der Waals surface area contributed by atoms with Gasteiger partial charge in [0.05, 0.1) is 2.88 Å². The number of aryl methyl sites for hydroxylation is 1. The monoisotopic (exact) mass is 392 g/mol. The zero-order valence-corrected chi connectivity index (χ0v) is 13.5. The molecule has 3 nitrogen and oxygen atoms in total. The van der Waals surface area contributed by atoms with Gasteiger partial charge in [0.2, 0.25) is 0 Å². The fourth-order valence-electron chi connectivity index (χ4n) is 2.37. The van der Waals surface area contributed by atoms with Crippen LogP contribution in [0.3, 0.4) is 0 Å². The van der Waals surface area contributed by atoms with Gasteiger partial charge in [-0.3, -0.25) is 4.79 Å². The summed E-state index contributed by atoms with van der Waals surface area (Å²) in [7, 11) is 0. The van der Waals surface area contributed by atoms with E-state index in [-0.39, 0.29) is 4.87 Å². The number of fused-ring (bicyclic) bond motifs is 1. The summed E-state index contributed by atoms with van der Waals surface area (Å²) < 4.78 is 1.37. The van der Waals surface area contributed by atoms with Gasteiger partial charge in [0.1, 0.15) is 0 Å². The number of aromatic nitrogens is 1. The Kier molecular flexibility index (Phi) is 3.88. The molecule has 0 amide bonds. The molecule has 0 fully saturated rings. The van der Waals surface area contributed by atoms with Crippen molar-refractivity contribution in [3.05, 3.63) is 40.1 Å². The van der Waals surface area contributed by atoms with E-state index in [2.05, 4.69) is 39.0 Å². The first-order chi connectivity index (χ1) is 8.72. The van der Waals surface area contributed by atoms with Gasteiger partial charge in [0, 0.05) is 28.5 Å². The van der Waals surface area contributed by atoms with E-state index < -0.39 is 0 Å². The van der Waals surface area contributed by atoms with Crippen LogP contribution in [0.5, 0.6) is 0 Å². The fraction of sp³-hybridized carbons (Fsp3) is 0.417. The van der Waals surface area contributed by atoms with Gasteiger partial charge in [0.25, 0.3) is 0 Å². The van der Waals surface area contributed by atoms with E-state index in [1.165, 1.54) is 43.9 Å². The number of hydrogen-bond acceptors (Lipinski definition) is 4. The summed E-state index contributed by atoms with van der Waals surface area (Å²) in [5.41, 5.74) is 2.45. The number of thiazole rings is 1. The van der Waals surface area contributed by atoms with E-state index in [0.29, 0.717) is 6.04 Å². The predicted octanol–water partition coefficient (Wildman–Crippen LogP) is 3.27. The Labute approximate surface area is 127 Å². The molecule has 0 aromatic carbocycles. The first-order valence-corrected chi connectivity index (χ1v) is 8.68. The van der Waals surface area contributed by atoms with Gasteiger partial charge in [-0.2, -0.15) is 0 Å². The Morgan fingerprint density at radius 3 is 3.22 bits per heavy atom. The SMILES string of the molecule is O=c1[nH]c(CNC2CCCc3sc(I)cc32)cs1. The largest absolute Gasteiger partial charge is 0.315 e. The third kappa shape index (κ3) is 2.71. The lowest BCUT2D eigenvalue weighted by Crippen LogP contribution is -2.24. The van der Waals surface area contributed by atoms with Crippen LogP contribution in [0.1, 0.15) is 35.0 Å². The maximum absolute atomic E-state index is 11.1. The highest BCUT2D eigenvalue weighted by Crippen LogP contribution is 2.36. The van der Waals surface area contributed by atoms with Crippen LogP contribution in [0.4, 0.5) is 0 Å². The van der Waals surface area contributed by atoms with E-state index in [9.17, 15) is 4.79 Å². The number of halogens is 1. The number of aromatic amines is 1. The average molecular weight is 392 g/mol.